The Bertz CT molecular complexity index is 833. The first-order valence-electron chi connectivity index (χ1n) is 10.5. The molecule has 0 heterocycles. The SMILES string of the molecule is COc1ccc(NCCNC(=O)[C@H](CC(C)C)NC(=O)c2ccc(C(C)O)cc2)cc1. The first-order chi connectivity index (χ1) is 14.8. The van der Waals surface area contributed by atoms with E-state index < -0.39 is 12.1 Å². The number of aliphatic hydroxyl groups is 1. The molecule has 31 heavy (non-hydrogen) atoms. The van der Waals surface area contributed by atoms with Gasteiger partial charge in [0, 0.05) is 24.3 Å². The lowest BCUT2D eigenvalue weighted by atomic mass is 10.0. The number of carbonyl (C=O) groups is 2. The summed E-state index contributed by atoms with van der Waals surface area (Å²) < 4.78 is 5.13. The van der Waals surface area contributed by atoms with Crippen LogP contribution in [0.15, 0.2) is 48.5 Å². The maximum Gasteiger partial charge on any atom is 0.251 e. The largest absolute Gasteiger partial charge is 0.497 e. The van der Waals surface area contributed by atoms with E-state index in [2.05, 4.69) is 16.0 Å². The van der Waals surface area contributed by atoms with Gasteiger partial charge in [-0.25, -0.2) is 0 Å². The van der Waals surface area contributed by atoms with Crippen molar-refractivity contribution in [3.63, 3.8) is 0 Å². The highest BCUT2D eigenvalue weighted by atomic mass is 16.5. The molecule has 4 N–H and O–H groups in total. The Hall–Kier alpha value is -3.06. The van der Waals surface area contributed by atoms with E-state index in [1.165, 1.54) is 0 Å². The minimum Gasteiger partial charge on any atom is -0.497 e. The van der Waals surface area contributed by atoms with E-state index in [-0.39, 0.29) is 17.7 Å². The van der Waals surface area contributed by atoms with Crippen LogP contribution in [-0.4, -0.2) is 43.2 Å². The summed E-state index contributed by atoms with van der Waals surface area (Å²) in [6, 6.07) is 13.7. The number of carbonyl (C=O) groups excluding carboxylic acids is 2. The summed E-state index contributed by atoms with van der Waals surface area (Å²) >= 11 is 0. The van der Waals surface area contributed by atoms with E-state index >= 15 is 0 Å². The number of benzene rings is 2. The number of ether oxygens (including phenoxy) is 1. The zero-order chi connectivity index (χ0) is 22.8. The number of hydrogen-bond acceptors (Lipinski definition) is 5. The summed E-state index contributed by atoms with van der Waals surface area (Å²) in [5.41, 5.74) is 2.12. The average Bonchev–Trinajstić information content (AvgIpc) is 2.76. The Morgan fingerprint density at radius 1 is 0.968 bits per heavy atom. The van der Waals surface area contributed by atoms with Crippen LogP contribution in [0.5, 0.6) is 5.75 Å². The predicted octanol–water partition coefficient (Wildman–Crippen LogP) is 3.12. The standard InChI is InChI=1S/C24H33N3O4/c1-16(2)15-22(27-23(29)19-7-5-18(6-8-19)17(3)28)24(30)26-14-13-25-20-9-11-21(31-4)12-10-20/h5-12,16-17,22,25,28H,13-15H2,1-4H3,(H,26,30)(H,27,29)/t17?,22-/m0/s1. The fourth-order valence-corrected chi connectivity index (χ4v) is 3.08. The lowest BCUT2D eigenvalue weighted by Crippen LogP contribution is -2.48. The van der Waals surface area contributed by atoms with Gasteiger partial charge in [0.15, 0.2) is 0 Å². The number of rotatable bonds is 11. The number of amides is 2. The van der Waals surface area contributed by atoms with E-state index in [9.17, 15) is 14.7 Å². The molecule has 0 spiro atoms. The molecule has 7 heteroatoms. The van der Waals surface area contributed by atoms with Crippen molar-refractivity contribution < 1.29 is 19.4 Å². The molecule has 0 aromatic heterocycles. The van der Waals surface area contributed by atoms with Gasteiger partial charge < -0.3 is 25.8 Å². The van der Waals surface area contributed by atoms with Gasteiger partial charge in [0.1, 0.15) is 11.8 Å². The zero-order valence-corrected chi connectivity index (χ0v) is 18.6. The number of nitrogens with one attached hydrogen (secondary N) is 3. The first-order valence-corrected chi connectivity index (χ1v) is 10.5. The maximum atomic E-state index is 12.7. The summed E-state index contributed by atoms with van der Waals surface area (Å²) in [6.07, 6.45) is -0.0574. The minimum atomic E-state index is -0.620. The van der Waals surface area contributed by atoms with Crippen LogP contribution in [0.3, 0.4) is 0 Å². The molecule has 2 aromatic carbocycles. The highest BCUT2D eigenvalue weighted by Crippen LogP contribution is 2.15. The molecule has 0 aliphatic carbocycles. The Morgan fingerprint density at radius 2 is 1.61 bits per heavy atom. The van der Waals surface area contributed by atoms with Gasteiger partial charge in [-0.3, -0.25) is 9.59 Å². The Labute approximate surface area is 184 Å². The van der Waals surface area contributed by atoms with Crippen molar-refractivity contribution >= 4 is 17.5 Å². The topological polar surface area (TPSA) is 99.7 Å². The van der Waals surface area contributed by atoms with Gasteiger partial charge in [-0.2, -0.15) is 0 Å². The Balaban J connectivity index is 1.87. The van der Waals surface area contributed by atoms with Crippen molar-refractivity contribution in [3.8, 4) is 5.75 Å². The summed E-state index contributed by atoms with van der Waals surface area (Å²) in [5.74, 6) is 0.506. The molecule has 1 unspecified atom stereocenters. The van der Waals surface area contributed by atoms with Gasteiger partial charge in [0.2, 0.25) is 5.91 Å². The number of anilines is 1. The fraction of sp³-hybridized carbons (Fsp3) is 0.417. The van der Waals surface area contributed by atoms with E-state index in [0.717, 1.165) is 17.0 Å². The summed E-state index contributed by atoms with van der Waals surface area (Å²) in [5, 5.41) is 18.6. The lowest BCUT2D eigenvalue weighted by Gasteiger charge is -2.20. The number of methoxy groups -OCH3 is 1. The second-order valence-electron chi connectivity index (χ2n) is 7.90. The van der Waals surface area contributed by atoms with Gasteiger partial charge in [-0.05, 0) is 61.2 Å². The van der Waals surface area contributed by atoms with Crippen LogP contribution in [0.25, 0.3) is 0 Å². The first kappa shape index (κ1) is 24.2. The molecular weight excluding hydrogens is 394 g/mol. The van der Waals surface area contributed by atoms with Crippen LogP contribution in [0.1, 0.15) is 49.2 Å². The molecule has 0 aliphatic heterocycles. The monoisotopic (exact) mass is 427 g/mol. The van der Waals surface area contributed by atoms with E-state index in [0.29, 0.717) is 25.1 Å². The third kappa shape index (κ3) is 7.94. The average molecular weight is 428 g/mol. The summed E-state index contributed by atoms with van der Waals surface area (Å²) in [6.45, 7) is 6.67. The Morgan fingerprint density at radius 3 is 2.16 bits per heavy atom. The van der Waals surface area contributed by atoms with Gasteiger partial charge in [-0.15, -0.1) is 0 Å². The highest BCUT2D eigenvalue weighted by Gasteiger charge is 2.22. The Kier molecular flexibility index (Phi) is 9.34. The lowest BCUT2D eigenvalue weighted by molar-refractivity contribution is -0.123. The molecular formula is C24H33N3O4. The van der Waals surface area contributed by atoms with Crippen molar-refractivity contribution in [2.45, 2.75) is 39.3 Å². The zero-order valence-electron chi connectivity index (χ0n) is 18.6. The maximum absolute atomic E-state index is 12.7. The van der Waals surface area contributed by atoms with Gasteiger partial charge in [0.05, 0.1) is 13.2 Å². The van der Waals surface area contributed by atoms with E-state index in [4.69, 9.17) is 4.74 Å². The van der Waals surface area contributed by atoms with Crippen molar-refractivity contribution in [2.75, 3.05) is 25.5 Å². The molecule has 0 radical (unpaired) electrons. The van der Waals surface area contributed by atoms with Crippen LogP contribution >= 0.6 is 0 Å². The summed E-state index contributed by atoms with van der Waals surface area (Å²) in [7, 11) is 1.62. The molecule has 0 bridgehead atoms. The molecule has 0 saturated carbocycles. The van der Waals surface area contributed by atoms with E-state index in [1.807, 2.05) is 38.1 Å². The minimum absolute atomic E-state index is 0.209. The van der Waals surface area contributed by atoms with Gasteiger partial charge in [-0.1, -0.05) is 26.0 Å². The van der Waals surface area contributed by atoms with E-state index in [1.54, 1.807) is 38.3 Å². The third-order valence-electron chi connectivity index (χ3n) is 4.83. The quantitative estimate of drug-likeness (QED) is 0.413. The molecule has 2 aromatic rings. The second-order valence-corrected chi connectivity index (χ2v) is 7.90. The van der Waals surface area contributed by atoms with Gasteiger partial charge in [0.25, 0.3) is 5.91 Å². The van der Waals surface area contributed by atoms with Crippen molar-refractivity contribution in [2.24, 2.45) is 5.92 Å². The molecule has 168 valence electrons. The molecule has 7 nitrogen and oxygen atoms in total. The predicted molar refractivity (Wildman–Crippen MR) is 122 cm³/mol. The van der Waals surface area contributed by atoms with Crippen LogP contribution in [0, 0.1) is 5.92 Å². The molecule has 2 amide bonds. The highest BCUT2D eigenvalue weighted by molar-refractivity contribution is 5.97. The summed E-state index contributed by atoms with van der Waals surface area (Å²) in [4.78, 5) is 25.3. The van der Waals surface area contributed by atoms with Crippen LogP contribution < -0.4 is 20.7 Å². The van der Waals surface area contributed by atoms with Crippen LogP contribution in [-0.2, 0) is 4.79 Å². The fourth-order valence-electron chi connectivity index (χ4n) is 3.08. The van der Waals surface area contributed by atoms with Crippen LogP contribution in [0.2, 0.25) is 0 Å². The smallest absolute Gasteiger partial charge is 0.251 e. The van der Waals surface area contributed by atoms with Crippen molar-refractivity contribution in [1.82, 2.24) is 10.6 Å². The molecule has 0 fully saturated rings. The normalized spacial score (nSPS) is 12.7. The molecule has 0 aliphatic rings. The number of hydrogen-bond donors (Lipinski definition) is 4. The molecule has 2 atom stereocenters. The second kappa shape index (κ2) is 12.0. The van der Waals surface area contributed by atoms with Crippen molar-refractivity contribution in [1.29, 1.82) is 0 Å². The van der Waals surface area contributed by atoms with Gasteiger partial charge >= 0.3 is 0 Å². The molecule has 2 rings (SSSR count). The third-order valence-corrected chi connectivity index (χ3v) is 4.83. The number of aliphatic hydroxyl groups excluding tert-OH is 1. The molecule has 0 saturated heterocycles. The van der Waals surface area contributed by atoms with Crippen molar-refractivity contribution in [3.05, 3.63) is 59.7 Å². The van der Waals surface area contributed by atoms with Crippen LogP contribution in [0.4, 0.5) is 5.69 Å².